The molecule has 1 saturated carbocycles. The van der Waals surface area contributed by atoms with Crippen molar-refractivity contribution < 1.29 is 4.39 Å². The molecule has 0 spiro atoms. The van der Waals surface area contributed by atoms with E-state index in [1.165, 1.54) is 6.07 Å². The third kappa shape index (κ3) is 2.51. The second kappa shape index (κ2) is 5.27. The minimum atomic E-state index is -0.198. The summed E-state index contributed by atoms with van der Waals surface area (Å²) in [5.74, 6) is 1.00. The SMILES string of the molecule is CC1CCC(CN)(Nc2ccccc2F)C(C)C1. The number of rotatable bonds is 3. The number of hydrogen-bond donors (Lipinski definition) is 2. The maximum Gasteiger partial charge on any atom is 0.146 e. The van der Waals surface area contributed by atoms with Crippen molar-refractivity contribution in [2.24, 2.45) is 17.6 Å². The van der Waals surface area contributed by atoms with Gasteiger partial charge in [-0.1, -0.05) is 26.0 Å². The van der Waals surface area contributed by atoms with E-state index in [-0.39, 0.29) is 11.4 Å². The number of halogens is 1. The molecular weight excluding hydrogens is 227 g/mol. The predicted molar refractivity (Wildman–Crippen MR) is 74.0 cm³/mol. The van der Waals surface area contributed by atoms with E-state index in [1.807, 2.05) is 6.07 Å². The Hall–Kier alpha value is -1.09. The molecule has 0 saturated heterocycles. The van der Waals surface area contributed by atoms with Crippen LogP contribution in [0, 0.1) is 17.7 Å². The second-order valence-electron chi connectivity index (χ2n) is 5.75. The van der Waals surface area contributed by atoms with E-state index in [2.05, 4.69) is 19.2 Å². The highest BCUT2D eigenvalue weighted by atomic mass is 19.1. The van der Waals surface area contributed by atoms with Gasteiger partial charge in [0.1, 0.15) is 5.82 Å². The molecule has 0 amide bonds. The maximum absolute atomic E-state index is 13.8. The molecular formula is C15H23FN2. The smallest absolute Gasteiger partial charge is 0.146 e. The minimum Gasteiger partial charge on any atom is -0.376 e. The van der Waals surface area contributed by atoms with Crippen molar-refractivity contribution in [3.8, 4) is 0 Å². The molecule has 3 unspecified atom stereocenters. The van der Waals surface area contributed by atoms with E-state index in [9.17, 15) is 4.39 Å². The van der Waals surface area contributed by atoms with E-state index in [0.717, 1.165) is 25.2 Å². The molecule has 1 aliphatic rings. The molecule has 1 fully saturated rings. The molecule has 2 rings (SSSR count). The molecule has 3 N–H and O–H groups in total. The van der Waals surface area contributed by atoms with Gasteiger partial charge in [-0.15, -0.1) is 0 Å². The summed E-state index contributed by atoms with van der Waals surface area (Å²) in [5, 5.41) is 3.38. The molecule has 3 heteroatoms. The number of para-hydroxylation sites is 1. The van der Waals surface area contributed by atoms with Crippen molar-refractivity contribution in [2.75, 3.05) is 11.9 Å². The molecule has 3 atom stereocenters. The standard InChI is InChI=1S/C15H23FN2/c1-11-7-8-15(10-17,12(2)9-11)18-14-6-4-3-5-13(14)16/h3-6,11-12,18H,7-10,17H2,1-2H3. The van der Waals surface area contributed by atoms with E-state index in [0.29, 0.717) is 18.2 Å². The Kier molecular flexibility index (Phi) is 3.91. The summed E-state index contributed by atoms with van der Waals surface area (Å²) in [6, 6.07) is 6.84. The maximum atomic E-state index is 13.8. The average molecular weight is 250 g/mol. The summed E-state index contributed by atoms with van der Waals surface area (Å²) in [5.41, 5.74) is 6.40. The van der Waals surface area contributed by atoms with Gasteiger partial charge in [-0.2, -0.15) is 0 Å². The van der Waals surface area contributed by atoms with Crippen LogP contribution in [0.15, 0.2) is 24.3 Å². The summed E-state index contributed by atoms with van der Waals surface area (Å²) in [4.78, 5) is 0. The van der Waals surface area contributed by atoms with Crippen LogP contribution in [0.25, 0.3) is 0 Å². The fraction of sp³-hybridized carbons (Fsp3) is 0.600. The quantitative estimate of drug-likeness (QED) is 0.863. The van der Waals surface area contributed by atoms with Crippen LogP contribution in [0.1, 0.15) is 33.1 Å². The number of benzene rings is 1. The van der Waals surface area contributed by atoms with E-state index in [4.69, 9.17) is 5.73 Å². The van der Waals surface area contributed by atoms with Gasteiger partial charge >= 0.3 is 0 Å². The van der Waals surface area contributed by atoms with Gasteiger partial charge in [0.05, 0.1) is 11.2 Å². The van der Waals surface area contributed by atoms with Crippen molar-refractivity contribution in [1.29, 1.82) is 0 Å². The Labute approximate surface area is 109 Å². The van der Waals surface area contributed by atoms with Gasteiger partial charge in [-0.05, 0) is 43.2 Å². The van der Waals surface area contributed by atoms with Gasteiger partial charge in [0.2, 0.25) is 0 Å². The lowest BCUT2D eigenvalue weighted by molar-refractivity contribution is 0.189. The van der Waals surface area contributed by atoms with Crippen molar-refractivity contribution in [3.05, 3.63) is 30.1 Å². The van der Waals surface area contributed by atoms with Crippen molar-refractivity contribution in [3.63, 3.8) is 0 Å². The van der Waals surface area contributed by atoms with Crippen LogP contribution in [0.4, 0.5) is 10.1 Å². The number of hydrogen-bond acceptors (Lipinski definition) is 2. The summed E-state index contributed by atoms with van der Waals surface area (Å²) >= 11 is 0. The fourth-order valence-electron chi connectivity index (χ4n) is 3.07. The van der Waals surface area contributed by atoms with Gasteiger partial charge in [-0.3, -0.25) is 0 Å². The van der Waals surface area contributed by atoms with Crippen LogP contribution in [0.2, 0.25) is 0 Å². The molecule has 100 valence electrons. The van der Waals surface area contributed by atoms with Crippen LogP contribution < -0.4 is 11.1 Å². The molecule has 0 bridgehead atoms. The Morgan fingerprint density at radius 2 is 2.11 bits per heavy atom. The molecule has 18 heavy (non-hydrogen) atoms. The monoisotopic (exact) mass is 250 g/mol. The Balaban J connectivity index is 2.21. The van der Waals surface area contributed by atoms with E-state index >= 15 is 0 Å². The Morgan fingerprint density at radius 1 is 1.39 bits per heavy atom. The van der Waals surface area contributed by atoms with Gasteiger partial charge in [0.25, 0.3) is 0 Å². The van der Waals surface area contributed by atoms with Gasteiger partial charge in [-0.25, -0.2) is 4.39 Å². The number of nitrogens with two attached hydrogens (primary N) is 1. The average Bonchev–Trinajstić information content (AvgIpc) is 2.36. The van der Waals surface area contributed by atoms with Crippen LogP contribution >= 0.6 is 0 Å². The van der Waals surface area contributed by atoms with E-state index < -0.39 is 0 Å². The third-order valence-electron chi connectivity index (χ3n) is 4.40. The lowest BCUT2D eigenvalue weighted by Gasteiger charge is -2.45. The number of anilines is 1. The van der Waals surface area contributed by atoms with Gasteiger partial charge < -0.3 is 11.1 Å². The molecule has 1 aromatic carbocycles. The summed E-state index contributed by atoms with van der Waals surface area (Å²) < 4.78 is 13.8. The predicted octanol–water partition coefficient (Wildman–Crippen LogP) is 3.39. The largest absolute Gasteiger partial charge is 0.376 e. The zero-order chi connectivity index (χ0) is 13.2. The lowest BCUT2D eigenvalue weighted by atomic mass is 9.70. The van der Waals surface area contributed by atoms with Crippen LogP contribution in [0.5, 0.6) is 0 Å². The van der Waals surface area contributed by atoms with Gasteiger partial charge in [0, 0.05) is 6.54 Å². The first kappa shape index (κ1) is 13.3. The van der Waals surface area contributed by atoms with Crippen LogP contribution in [-0.4, -0.2) is 12.1 Å². The zero-order valence-electron chi connectivity index (χ0n) is 11.2. The highest BCUT2D eigenvalue weighted by Gasteiger charge is 2.39. The fourth-order valence-corrected chi connectivity index (χ4v) is 3.07. The highest BCUT2D eigenvalue weighted by Crippen LogP contribution is 2.38. The topological polar surface area (TPSA) is 38.0 Å². The van der Waals surface area contributed by atoms with E-state index in [1.54, 1.807) is 12.1 Å². The molecule has 0 aromatic heterocycles. The van der Waals surface area contributed by atoms with Crippen molar-refractivity contribution in [1.82, 2.24) is 0 Å². The highest BCUT2D eigenvalue weighted by molar-refractivity contribution is 5.47. The molecule has 2 nitrogen and oxygen atoms in total. The minimum absolute atomic E-state index is 0.158. The summed E-state index contributed by atoms with van der Waals surface area (Å²) in [6.07, 6.45) is 3.32. The molecule has 1 aromatic rings. The Morgan fingerprint density at radius 3 is 2.72 bits per heavy atom. The first-order valence-corrected chi connectivity index (χ1v) is 6.80. The third-order valence-corrected chi connectivity index (χ3v) is 4.40. The first-order valence-electron chi connectivity index (χ1n) is 6.80. The lowest BCUT2D eigenvalue weighted by Crippen LogP contribution is -2.53. The molecule has 1 aliphatic carbocycles. The van der Waals surface area contributed by atoms with Gasteiger partial charge in [0.15, 0.2) is 0 Å². The van der Waals surface area contributed by atoms with Crippen LogP contribution in [0.3, 0.4) is 0 Å². The van der Waals surface area contributed by atoms with Crippen molar-refractivity contribution >= 4 is 5.69 Å². The Bertz CT molecular complexity index is 407. The summed E-state index contributed by atoms with van der Waals surface area (Å²) in [7, 11) is 0. The number of nitrogens with one attached hydrogen (secondary N) is 1. The normalized spacial score (nSPS) is 32.2. The molecule has 0 radical (unpaired) electrons. The summed E-state index contributed by atoms with van der Waals surface area (Å²) in [6.45, 7) is 5.05. The first-order chi connectivity index (χ1) is 8.57. The molecule has 0 heterocycles. The zero-order valence-corrected chi connectivity index (χ0v) is 11.2. The second-order valence-corrected chi connectivity index (χ2v) is 5.75. The van der Waals surface area contributed by atoms with Crippen LogP contribution in [-0.2, 0) is 0 Å². The molecule has 0 aliphatic heterocycles. The van der Waals surface area contributed by atoms with Crippen molar-refractivity contribution in [2.45, 2.75) is 38.6 Å².